The van der Waals surface area contributed by atoms with Crippen molar-refractivity contribution in [1.82, 2.24) is 9.97 Å². The van der Waals surface area contributed by atoms with Crippen molar-refractivity contribution in [1.29, 1.82) is 0 Å². The van der Waals surface area contributed by atoms with Crippen LogP contribution in [0.5, 0.6) is 11.5 Å². The lowest BCUT2D eigenvalue weighted by atomic mass is 10.1. The van der Waals surface area contributed by atoms with Crippen LogP contribution in [0.15, 0.2) is 18.2 Å². The number of ether oxygens (including phenoxy) is 2. The van der Waals surface area contributed by atoms with E-state index in [-0.39, 0.29) is 0 Å². The highest BCUT2D eigenvalue weighted by Gasteiger charge is 2.14. The molecule has 1 N–H and O–H groups in total. The maximum absolute atomic E-state index is 5.63. The predicted octanol–water partition coefficient (Wildman–Crippen LogP) is 3.45. The van der Waals surface area contributed by atoms with Crippen molar-refractivity contribution in [3.8, 4) is 22.8 Å². The lowest BCUT2D eigenvalue weighted by Gasteiger charge is -2.19. The Hall–Kier alpha value is -1.88. The third-order valence-corrected chi connectivity index (χ3v) is 3.76. The molecule has 5 heteroatoms. The van der Waals surface area contributed by atoms with Crippen LogP contribution >= 0.6 is 12.2 Å². The third kappa shape index (κ3) is 2.29. The van der Waals surface area contributed by atoms with Gasteiger partial charge in [0, 0.05) is 17.5 Å². The molecule has 20 heavy (non-hydrogen) atoms. The molecular formula is C15H16N2O2S. The van der Waals surface area contributed by atoms with E-state index in [1.165, 1.54) is 0 Å². The van der Waals surface area contributed by atoms with Crippen molar-refractivity contribution < 1.29 is 9.47 Å². The smallest absolute Gasteiger partial charge is 0.162 e. The van der Waals surface area contributed by atoms with Crippen LogP contribution < -0.4 is 9.47 Å². The molecule has 0 bridgehead atoms. The summed E-state index contributed by atoms with van der Waals surface area (Å²) in [6.45, 7) is 5.22. The minimum Gasteiger partial charge on any atom is -0.486 e. The van der Waals surface area contributed by atoms with Crippen molar-refractivity contribution in [2.75, 3.05) is 13.2 Å². The summed E-state index contributed by atoms with van der Waals surface area (Å²) in [7, 11) is 0. The molecule has 2 aromatic rings. The van der Waals surface area contributed by atoms with Crippen LogP contribution in [0.4, 0.5) is 0 Å². The molecule has 0 radical (unpaired) electrons. The quantitative estimate of drug-likeness (QED) is 0.860. The number of aryl methyl sites for hydroxylation is 1. The number of aromatic amines is 1. The zero-order valence-corrected chi connectivity index (χ0v) is 12.3. The third-order valence-electron chi connectivity index (χ3n) is 3.37. The molecule has 1 aliphatic heterocycles. The Labute approximate surface area is 122 Å². The zero-order chi connectivity index (χ0) is 14.1. The fraction of sp³-hybridized carbons (Fsp3) is 0.333. The predicted molar refractivity (Wildman–Crippen MR) is 80.0 cm³/mol. The Morgan fingerprint density at radius 3 is 2.75 bits per heavy atom. The summed E-state index contributed by atoms with van der Waals surface area (Å²) in [5.74, 6) is 2.47. The van der Waals surface area contributed by atoms with Crippen LogP contribution in [0.1, 0.15) is 18.3 Å². The second kappa shape index (κ2) is 5.25. The van der Waals surface area contributed by atoms with Gasteiger partial charge in [-0.2, -0.15) is 0 Å². The minimum absolute atomic E-state index is 0.585. The first-order valence-corrected chi connectivity index (χ1v) is 7.09. The number of aromatic nitrogens is 2. The van der Waals surface area contributed by atoms with Gasteiger partial charge in [-0.3, -0.25) is 0 Å². The number of fused-ring (bicyclic) bond motifs is 1. The van der Waals surface area contributed by atoms with E-state index in [2.05, 4.69) is 16.9 Å². The van der Waals surface area contributed by atoms with Crippen LogP contribution in [0.3, 0.4) is 0 Å². The molecule has 104 valence electrons. The van der Waals surface area contributed by atoms with Crippen LogP contribution in [0.25, 0.3) is 11.3 Å². The van der Waals surface area contributed by atoms with Gasteiger partial charge in [-0.05, 0) is 25.1 Å². The number of rotatable bonds is 2. The summed E-state index contributed by atoms with van der Waals surface area (Å²) in [6.07, 6.45) is 0.821. The van der Waals surface area contributed by atoms with Gasteiger partial charge in [-0.25, -0.2) is 4.98 Å². The normalized spacial score (nSPS) is 13.3. The number of nitrogens with one attached hydrogen (secondary N) is 1. The van der Waals surface area contributed by atoms with Gasteiger partial charge in [0.2, 0.25) is 0 Å². The molecule has 3 rings (SSSR count). The topological polar surface area (TPSA) is 47.1 Å². The van der Waals surface area contributed by atoms with Gasteiger partial charge in [-0.15, -0.1) is 0 Å². The molecule has 1 aromatic carbocycles. The maximum atomic E-state index is 5.63. The molecule has 0 fully saturated rings. The number of nitrogens with zero attached hydrogens (tertiary/aromatic N) is 1. The van der Waals surface area contributed by atoms with Crippen LogP contribution in [-0.4, -0.2) is 23.2 Å². The van der Waals surface area contributed by atoms with Crippen molar-refractivity contribution in [2.24, 2.45) is 0 Å². The molecular weight excluding hydrogens is 272 g/mol. The summed E-state index contributed by atoms with van der Waals surface area (Å²) in [4.78, 5) is 7.72. The summed E-state index contributed by atoms with van der Waals surface area (Å²) < 4.78 is 11.8. The standard InChI is InChI=1S/C15H16N2O2S/c1-3-13-16-14(9(2)15(20)17-13)10-4-5-11-12(8-10)19-7-6-18-11/h4-5,8H,3,6-7H2,1-2H3,(H,16,17,20). The first-order chi connectivity index (χ1) is 9.69. The average molecular weight is 288 g/mol. The summed E-state index contributed by atoms with van der Waals surface area (Å²) in [5.41, 5.74) is 3.02. The number of hydrogen-bond acceptors (Lipinski definition) is 4. The van der Waals surface area contributed by atoms with Gasteiger partial charge in [0.1, 0.15) is 23.7 Å². The molecule has 0 unspecified atom stereocenters. The van der Waals surface area contributed by atoms with Crippen molar-refractivity contribution in [3.05, 3.63) is 34.2 Å². The van der Waals surface area contributed by atoms with E-state index in [1.54, 1.807) is 0 Å². The highest BCUT2D eigenvalue weighted by atomic mass is 32.1. The maximum Gasteiger partial charge on any atom is 0.162 e. The van der Waals surface area contributed by atoms with Crippen molar-refractivity contribution >= 4 is 12.2 Å². The fourth-order valence-corrected chi connectivity index (χ4v) is 2.45. The van der Waals surface area contributed by atoms with Gasteiger partial charge >= 0.3 is 0 Å². The van der Waals surface area contributed by atoms with Crippen LogP contribution in [-0.2, 0) is 6.42 Å². The van der Waals surface area contributed by atoms with E-state index >= 15 is 0 Å². The summed E-state index contributed by atoms with van der Waals surface area (Å²) >= 11 is 5.33. The monoisotopic (exact) mass is 288 g/mol. The molecule has 0 atom stereocenters. The Morgan fingerprint density at radius 2 is 2.00 bits per heavy atom. The van der Waals surface area contributed by atoms with Crippen molar-refractivity contribution in [2.45, 2.75) is 20.3 Å². The second-order valence-electron chi connectivity index (χ2n) is 4.70. The van der Waals surface area contributed by atoms with Crippen LogP contribution in [0, 0.1) is 11.6 Å². The van der Waals surface area contributed by atoms with Gasteiger partial charge in [0.25, 0.3) is 0 Å². The highest BCUT2D eigenvalue weighted by molar-refractivity contribution is 7.71. The van der Waals surface area contributed by atoms with E-state index in [1.807, 2.05) is 25.1 Å². The average Bonchev–Trinajstić information content (AvgIpc) is 2.49. The Kier molecular flexibility index (Phi) is 3.44. The lowest BCUT2D eigenvalue weighted by molar-refractivity contribution is 0.171. The molecule has 0 spiro atoms. The van der Waals surface area contributed by atoms with Crippen LogP contribution in [0.2, 0.25) is 0 Å². The molecule has 0 aliphatic carbocycles. The SMILES string of the molecule is CCc1nc(=S)c(C)c(-c2ccc3c(c2)OCCO3)[nH]1. The Balaban J connectivity index is 2.13. The zero-order valence-electron chi connectivity index (χ0n) is 11.5. The lowest BCUT2D eigenvalue weighted by Crippen LogP contribution is -2.15. The minimum atomic E-state index is 0.585. The fourth-order valence-electron chi connectivity index (χ4n) is 2.23. The summed E-state index contributed by atoms with van der Waals surface area (Å²) in [5, 5.41) is 0. The largest absolute Gasteiger partial charge is 0.486 e. The van der Waals surface area contributed by atoms with Gasteiger partial charge in [0.15, 0.2) is 11.5 Å². The van der Waals surface area contributed by atoms with Crippen molar-refractivity contribution in [3.63, 3.8) is 0 Å². The second-order valence-corrected chi connectivity index (χ2v) is 5.09. The van der Waals surface area contributed by atoms with E-state index in [4.69, 9.17) is 21.7 Å². The van der Waals surface area contributed by atoms with Gasteiger partial charge < -0.3 is 14.5 Å². The first-order valence-electron chi connectivity index (χ1n) is 6.69. The number of benzene rings is 1. The molecule has 0 amide bonds. The van der Waals surface area contributed by atoms with Gasteiger partial charge in [0.05, 0.1) is 5.69 Å². The highest BCUT2D eigenvalue weighted by Crippen LogP contribution is 2.34. The Bertz CT molecular complexity index is 710. The molecule has 0 saturated heterocycles. The number of hydrogen-bond donors (Lipinski definition) is 1. The number of H-pyrrole nitrogens is 1. The van der Waals surface area contributed by atoms with E-state index in [0.717, 1.165) is 40.6 Å². The molecule has 2 heterocycles. The van der Waals surface area contributed by atoms with Gasteiger partial charge in [-0.1, -0.05) is 19.1 Å². The van der Waals surface area contributed by atoms with E-state index < -0.39 is 0 Å². The molecule has 0 saturated carbocycles. The summed E-state index contributed by atoms with van der Waals surface area (Å²) in [6, 6.07) is 5.94. The Morgan fingerprint density at radius 1 is 1.25 bits per heavy atom. The molecule has 4 nitrogen and oxygen atoms in total. The van der Waals surface area contributed by atoms with E-state index in [0.29, 0.717) is 17.9 Å². The first kappa shape index (κ1) is 13.1. The van der Waals surface area contributed by atoms with E-state index in [9.17, 15) is 0 Å². The molecule has 1 aliphatic rings. The molecule has 1 aromatic heterocycles.